The molecule has 2 rings (SSSR count). The van der Waals surface area contributed by atoms with Gasteiger partial charge in [0.05, 0.1) is 13.0 Å². The number of likely N-dealkylation sites (tertiary alicyclic amines) is 1. The Bertz CT molecular complexity index is 500. The first-order valence-electron chi connectivity index (χ1n) is 7.06. The monoisotopic (exact) mass is 275 g/mol. The molecule has 1 aromatic rings. The second-order valence-corrected chi connectivity index (χ2v) is 5.22. The molecule has 0 radical (unpaired) electrons. The van der Waals surface area contributed by atoms with Crippen LogP contribution in [0.1, 0.15) is 30.4 Å². The SMILES string of the molecule is Cc1cccc(OCCC(=O)N2CCC(=O)CC2)c1C. The number of piperidine rings is 1. The van der Waals surface area contributed by atoms with Gasteiger partial charge in [0.15, 0.2) is 0 Å². The molecule has 1 aromatic carbocycles. The normalized spacial score (nSPS) is 15.3. The van der Waals surface area contributed by atoms with Crippen molar-refractivity contribution in [2.24, 2.45) is 0 Å². The van der Waals surface area contributed by atoms with Gasteiger partial charge in [0, 0.05) is 25.9 Å². The number of hydrogen-bond donors (Lipinski definition) is 0. The third-order valence-electron chi connectivity index (χ3n) is 3.80. The summed E-state index contributed by atoms with van der Waals surface area (Å²) in [4.78, 5) is 24.9. The lowest BCUT2D eigenvalue weighted by Crippen LogP contribution is -2.39. The molecule has 1 aliphatic heterocycles. The van der Waals surface area contributed by atoms with Crippen LogP contribution >= 0.6 is 0 Å². The number of rotatable bonds is 4. The number of benzene rings is 1. The highest BCUT2D eigenvalue weighted by atomic mass is 16.5. The molecular formula is C16H21NO3. The van der Waals surface area contributed by atoms with Gasteiger partial charge in [-0.1, -0.05) is 12.1 Å². The first-order valence-corrected chi connectivity index (χ1v) is 7.06. The number of hydrogen-bond acceptors (Lipinski definition) is 3. The summed E-state index contributed by atoms with van der Waals surface area (Å²) in [6, 6.07) is 5.92. The fourth-order valence-electron chi connectivity index (χ4n) is 2.29. The molecule has 0 saturated carbocycles. The van der Waals surface area contributed by atoms with Crippen LogP contribution in [0.15, 0.2) is 18.2 Å². The van der Waals surface area contributed by atoms with Crippen molar-refractivity contribution < 1.29 is 14.3 Å². The molecule has 0 N–H and O–H groups in total. The second-order valence-electron chi connectivity index (χ2n) is 5.22. The number of aryl methyl sites for hydroxylation is 1. The summed E-state index contributed by atoms with van der Waals surface area (Å²) < 4.78 is 5.69. The number of amides is 1. The summed E-state index contributed by atoms with van der Waals surface area (Å²) in [6.07, 6.45) is 1.34. The van der Waals surface area contributed by atoms with Gasteiger partial charge in [-0.15, -0.1) is 0 Å². The van der Waals surface area contributed by atoms with Gasteiger partial charge in [-0.05, 0) is 31.0 Å². The van der Waals surface area contributed by atoms with Crippen molar-refractivity contribution in [3.8, 4) is 5.75 Å². The van der Waals surface area contributed by atoms with Crippen LogP contribution in [0, 0.1) is 13.8 Å². The lowest BCUT2D eigenvalue weighted by molar-refractivity contribution is -0.134. The van der Waals surface area contributed by atoms with E-state index in [1.165, 1.54) is 5.56 Å². The van der Waals surface area contributed by atoms with Gasteiger partial charge in [-0.25, -0.2) is 0 Å². The van der Waals surface area contributed by atoms with Gasteiger partial charge in [0.2, 0.25) is 5.91 Å². The van der Waals surface area contributed by atoms with Crippen molar-refractivity contribution in [3.63, 3.8) is 0 Å². The molecule has 0 unspecified atom stereocenters. The van der Waals surface area contributed by atoms with Gasteiger partial charge < -0.3 is 9.64 Å². The van der Waals surface area contributed by atoms with Crippen LogP contribution in [-0.4, -0.2) is 36.3 Å². The van der Waals surface area contributed by atoms with Crippen molar-refractivity contribution in [2.75, 3.05) is 19.7 Å². The molecule has 1 amide bonds. The number of ketones is 1. The molecule has 4 heteroatoms. The fourth-order valence-corrected chi connectivity index (χ4v) is 2.29. The smallest absolute Gasteiger partial charge is 0.226 e. The maximum atomic E-state index is 12.0. The Kier molecular flexibility index (Phi) is 4.77. The van der Waals surface area contributed by atoms with E-state index in [0.29, 0.717) is 39.0 Å². The molecular weight excluding hydrogens is 254 g/mol. The van der Waals surface area contributed by atoms with Gasteiger partial charge >= 0.3 is 0 Å². The summed E-state index contributed by atoms with van der Waals surface area (Å²) in [5.41, 5.74) is 2.30. The number of ether oxygens (including phenoxy) is 1. The predicted molar refractivity (Wildman–Crippen MR) is 76.8 cm³/mol. The van der Waals surface area contributed by atoms with E-state index in [2.05, 4.69) is 0 Å². The van der Waals surface area contributed by atoms with Crippen molar-refractivity contribution >= 4 is 11.7 Å². The molecule has 0 aliphatic carbocycles. The van der Waals surface area contributed by atoms with E-state index in [1.807, 2.05) is 32.0 Å². The lowest BCUT2D eigenvalue weighted by Gasteiger charge is -2.26. The van der Waals surface area contributed by atoms with E-state index in [9.17, 15) is 9.59 Å². The van der Waals surface area contributed by atoms with E-state index in [0.717, 1.165) is 11.3 Å². The Labute approximate surface area is 119 Å². The first kappa shape index (κ1) is 14.6. The quantitative estimate of drug-likeness (QED) is 0.847. The lowest BCUT2D eigenvalue weighted by atomic mass is 10.1. The number of nitrogens with zero attached hydrogens (tertiary/aromatic N) is 1. The fraction of sp³-hybridized carbons (Fsp3) is 0.500. The van der Waals surface area contributed by atoms with Crippen LogP contribution in [0.5, 0.6) is 5.75 Å². The van der Waals surface area contributed by atoms with Crippen LogP contribution in [0.4, 0.5) is 0 Å². The average Bonchev–Trinajstić information content (AvgIpc) is 2.44. The van der Waals surface area contributed by atoms with Crippen LogP contribution < -0.4 is 4.74 Å². The minimum Gasteiger partial charge on any atom is -0.493 e. The molecule has 0 atom stereocenters. The summed E-state index contributed by atoms with van der Waals surface area (Å²) in [6.45, 7) is 5.55. The van der Waals surface area contributed by atoms with E-state index in [4.69, 9.17) is 4.74 Å². The van der Waals surface area contributed by atoms with Crippen LogP contribution in [0.2, 0.25) is 0 Å². The first-order chi connectivity index (χ1) is 9.58. The molecule has 4 nitrogen and oxygen atoms in total. The highest BCUT2D eigenvalue weighted by Gasteiger charge is 2.20. The number of carbonyl (C=O) groups excluding carboxylic acids is 2. The van der Waals surface area contributed by atoms with E-state index in [1.54, 1.807) is 4.90 Å². The Hall–Kier alpha value is -1.84. The number of carbonyl (C=O) groups is 2. The zero-order valence-electron chi connectivity index (χ0n) is 12.1. The van der Waals surface area contributed by atoms with Crippen LogP contribution in [-0.2, 0) is 9.59 Å². The molecule has 1 heterocycles. The molecule has 1 saturated heterocycles. The zero-order chi connectivity index (χ0) is 14.5. The van der Waals surface area contributed by atoms with Gasteiger partial charge in [0.25, 0.3) is 0 Å². The van der Waals surface area contributed by atoms with Crippen LogP contribution in [0.25, 0.3) is 0 Å². The number of Topliss-reactive ketones (excluding diaryl/α,β-unsaturated/α-hetero) is 1. The molecule has 20 heavy (non-hydrogen) atoms. The highest BCUT2D eigenvalue weighted by Crippen LogP contribution is 2.20. The minimum atomic E-state index is 0.0720. The zero-order valence-corrected chi connectivity index (χ0v) is 12.1. The molecule has 0 aromatic heterocycles. The maximum Gasteiger partial charge on any atom is 0.226 e. The van der Waals surface area contributed by atoms with Gasteiger partial charge in [0.1, 0.15) is 11.5 Å². The maximum absolute atomic E-state index is 12.0. The Morgan fingerprint density at radius 3 is 2.65 bits per heavy atom. The summed E-state index contributed by atoms with van der Waals surface area (Å²) in [5, 5.41) is 0. The second kappa shape index (κ2) is 6.55. The molecule has 1 aliphatic rings. The van der Waals surface area contributed by atoms with Crippen LogP contribution in [0.3, 0.4) is 0 Å². The summed E-state index contributed by atoms with van der Waals surface area (Å²) in [7, 11) is 0. The Morgan fingerprint density at radius 1 is 1.25 bits per heavy atom. The molecule has 1 fully saturated rings. The summed E-state index contributed by atoms with van der Waals surface area (Å²) >= 11 is 0. The molecule has 0 spiro atoms. The highest BCUT2D eigenvalue weighted by molar-refractivity contribution is 5.83. The van der Waals surface area contributed by atoms with E-state index < -0.39 is 0 Å². The third kappa shape index (κ3) is 3.59. The summed E-state index contributed by atoms with van der Waals surface area (Å²) in [5.74, 6) is 1.16. The Morgan fingerprint density at radius 2 is 1.95 bits per heavy atom. The largest absolute Gasteiger partial charge is 0.493 e. The van der Waals surface area contributed by atoms with Crippen molar-refractivity contribution in [2.45, 2.75) is 33.1 Å². The minimum absolute atomic E-state index is 0.0720. The van der Waals surface area contributed by atoms with Crippen molar-refractivity contribution in [1.82, 2.24) is 4.90 Å². The van der Waals surface area contributed by atoms with Gasteiger partial charge in [-0.3, -0.25) is 9.59 Å². The predicted octanol–water partition coefficient (Wildman–Crippen LogP) is 2.26. The van der Waals surface area contributed by atoms with Gasteiger partial charge in [-0.2, -0.15) is 0 Å². The van der Waals surface area contributed by atoms with Crippen molar-refractivity contribution in [1.29, 1.82) is 0 Å². The standard InChI is InChI=1S/C16H21NO3/c1-12-4-3-5-15(13(12)2)20-11-8-16(19)17-9-6-14(18)7-10-17/h3-5H,6-11H2,1-2H3. The molecule has 0 bridgehead atoms. The third-order valence-corrected chi connectivity index (χ3v) is 3.80. The van der Waals surface area contributed by atoms with Crippen molar-refractivity contribution in [3.05, 3.63) is 29.3 Å². The van der Waals surface area contributed by atoms with E-state index in [-0.39, 0.29) is 11.7 Å². The molecule has 108 valence electrons. The Balaban J connectivity index is 1.79. The topological polar surface area (TPSA) is 46.6 Å². The average molecular weight is 275 g/mol. The van der Waals surface area contributed by atoms with E-state index >= 15 is 0 Å².